The van der Waals surface area contributed by atoms with Crippen molar-refractivity contribution < 1.29 is 5.11 Å². The Morgan fingerprint density at radius 3 is 2.69 bits per heavy atom. The molecule has 0 bridgehead atoms. The lowest BCUT2D eigenvalue weighted by Gasteiger charge is -2.03. The quantitative estimate of drug-likeness (QED) is 0.771. The van der Waals surface area contributed by atoms with Gasteiger partial charge in [-0.1, -0.05) is 20.3 Å². The van der Waals surface area contributed by atoms with Crippen LogP contribution < -0.4 is 0 Å². The van der Waals surface area contributed by atoms with Gasteiger partial charge in [-0.2, -0.15) is 0 Å². The number of aromatic nitrogens is 1. The van der Waals surface area contributed by atoms with Crippen molar-refractivity contribution >= 4 is 0 Å². The zero-order chi connectivity index (χ0) is 9.68. The zero-order valence-electron chi connectivity index (χ0n) is 8.33. The molecular weight excluding hydrogens is 162 g/mol. The van der Waals surface area contributed by atoms with Crippen LogP contribution in [0.2, 0.25) is 0 Å². The van der Waals surface area contributed by atoms with E-state index in [1.807, 2.05) is 6.07 Å². The van der Waals surface area contributed by atoms with Gasteiger partial charge in [0.05, 0.1) is 6.20 Å². The average molecular weight is 179 g/mol. The minimum absolute atomic E-state index is 0.243. The highest BCUT2D eigenvalue weighted by atomic mass is 16.3. The van der Waals surface area contributed by atoms with Crippen molar-refractivity contribution in [3.8, 4) is 5.75 Å². The van der Waals surface area contributed by atoms with Gasteiger partial charge in [0.15, 0.2) is 0 Å². The SMILES string of the molecule is CC(C)CCCc1ccc(O)cn1. The van der Waals surface area contributed by atoms with E-state index in [2.05, 4.69) is 18.8 Å². The maximum atomic E-state index is 9.01. The van der Waals surface area contributed by atoms with Gasteiger partial charge < -0.3 is 5.11 Å². The van der Waals surface area contributed by atoms with Crippen LogP contribution in [0.15, 0.2) is 18.3 Å². The highest BCUT2D eigenvalue weighted by Gasteiger charge is 1.97. The predicted molar refractivity (Wildman–Crippen MR) is 53.7 cm³/mol. The number of nitrogens with zero attached hydrogens (tertiary/aromatic N) is 1. The van der Waals surface area contributed by atoms with E-state index in [1.54, 1.807) is 6.07 Å². The molecule has 0 aliphatic rings. The topological polar surface area (TPSA) is 33.1 Å². The van der Waals surface area contributed by atoms with Crippen LogP contribution in [0.25, 0.3) is 0 Å². The molecule has 1 rings (SSSR count). The number of aromatic hydroxyl groups is 1. The van der Waals surface area contributed by atoms with E-state index in [0.717, 1.165) is 18.0 Å². The summed E-state index contributed by atoms with van der Waals surface area (Å²) in [5.41, 5.74) is 1.07. The van der Waals surface area contributed by atoms with Gasteiger partial charge in [0.2, 0.25) is 0 Å². The first-order valence-electron chi connectivity index (χ1n) is 4.82. The van der Waals surface area contributed by atoms with E-state index in [0.29, 0.717) is 0 Å². The first-order chi connectivity index (χ1) is 6.18. The van der Waals surface area contributed by atoms with Crippen molar-refractivity contribution in [3.63, 3.8) is 0 Å². The number of aryl methyl sites for hydroxylation is 1. The van der Waals surface area contributed by atoms with Crippen LogP contribution in [0.3, 0.4) is 0 Å². The molecule has 0 radical (unpaired) electrons. The van der Waals surface area contributed by atoms with Gasteiger partial charge in [0, 0.05) is 5.69 Å². The molecule has 1 N–H and O–H groups in total. The highest BCUT2D eigenvalue weighted by molar-refractivity contribution is 5.17. The maximum Gasteiger partial charge on any atom is 0.133 e. The normalized spacial score (nSPS) is 10.7. The summed E-state index contributed by atoms with van der Waals surface area (Å²) < 4.78 is 0. The van der Waals surface area contributed by atoms with Crippen molar-refractivity contribution in [1.29, 1.82) is 0 Å². The van der Waals surface area contributed by atoms with Crippen molar-refractivity contribution in [2.75, 3.05) is 0 Å². The standard InChI is InChI=1S/C11H17NO/c1-9(2)4-3-5-10-6-7-11(13)8-12-10/h6-9,13H,3-5H2,1-2H3. The molecule has 1 aromatic heterocycles. The van der Waals surface area contributed by atoms with Gasteiger partial charge >= 0.3 is 0 Å². The van der Waals surface area contributed by atoms with Gasteiger partial charge in [-0.3, -0.25) is 4.98 Å². The largest absolute Gasteiger partial charge is 0.506 e. The molecule has 13 heavy (non-hydrogen) atoms. The molecule has 0 saturated carbocycles. The van der Waals surface area contributed by atoms with Gasteiger partial charge in [-0.15, -0.1) is 0 Å². The molecule has 1 aromatic rings. The van der Waals surface area contributed by atoms with Crippen LogP contribution in [-0.2, 0) is 6.42 Å². The Balaban J connectivity index is 2.33. The lowest BCUT2D eigenvalue weighted by molar-refractivity contribution is 0.471. The van der Waals surface area contributed by atoms with Crippen LogP contribution in [-0.4, -0.2) is 10.1 Å². The zero-order valence-corrected chi connectivity index (χ0v) is 8.33. The highest BCUT2D eigenvalue weighted by Crippen LogP contribution is 2.10. The van der Waals surface area contributed by atoms with Gasteiger partial charge in [0.1, 0.15) is 5.75 Å². The number of rotatable bonds is 4. The van der Waals surface area contributed by atoms with Crippen LogP contribution in [0.5, 0.6) is 5.75 Å². The molecule has 72 valence electrons. The van der Waals surface area contributed by atoms with E-state index < -0.39 is 0 Å². The van der Waals surface area contributed by atoms with Crippen LogP contribution in [0, 0.1) is 5.92 Å². The molecule has 0 aliphatic heterocycles. The minimum Gasteiger partial charge on any atom is -0.506 e. The Kier molecular flexibility index (Phi) is 3.74. The van der Waals surface area contributed by atoms with E-state index in [4.69, 9.17) is 5.11 Å². The molecule has 0 atom stereocenters. The Hall–Kier alpha value is -1.05. The van der Waals surface area contributed by atoms with E-state index >= 15 is 0 Å². The summed E-state index contributed by atoms with van der Waals surface area (Å²) in [4.78, 5) is 4.13. The monoisotopic (exact) mass is 179 g/mol. The lowest BCUT2D eigenvalue weighted by Crippen LogP contribution is -1.92. The molecule has 2 heteroatoms. The molecule has 0 fully saturated rings. The molecular formula is C11H17NO. The molecule has 0 spiro atoms. The second-order valence-electron chi connectivity index (χ2n) is 3.79. The minimum atomic E-state index is 0.243. The smallest absolute Gasteiger partial charge is 0.133 e. The van der Waals surface area contributed by atoms with Crippen molar-refractivity contribution in [2.45, 2.75) is 33.1 Å². The summed E-state index contributed by atoms with van der Waals surface area (Å²) in [7, 11) is 0. The molecule has 1 heterocycles. The summed E-state index contributed by atoms with van der Waals surface area (Å²) >= 11 is 0. The van der Waals surface area contributed by atoms with E-state index in [9.17, 15) is 0 Å². The van der Waals surface area contributed by atoms with Gasteiger partial charge in [-0.05, 0) is 30.9 Å². The van der Waals surface area contributed by atoms with Crippen LogP contribution in [0.4, 0.5) is 0 Å². The fraction of sp³-hybridized carbons (Fsp3) is 0.545. The summed E-state index contributed by atoms with van der Waals surface area (Å²) in [5, 5.41) is 9.01. The first-order valence-corrected chi connectivity index (χ1v) is 4.82. The summed E-state index contributed by atoms with van der Waals surface area (Å²) in [6.45, 7) is 4.45. The van der Waals surface area contributed by atoms with Gasteiger partial charge in [-0.25, -0.2) is 0 Å². The summed E-state index contributed by atoms with van der Waals surface area (Å²) in [6, 6.07) is 3.58. The fourth-order valence-electron chi connectivity index (χ4n) is 1.26. The Morgan fingerprint density at radius 1 is 1.38 bits per heavy atom. The average Bonchev–Trinajstić information content (AvgIpc) is 2.08. The molecule has 2 nitrogen and oxygen atoms in total. The number of hydrogen-bond acceptors (Lipinski definition) is 2. The molecule has 0 unspecified atom stereocenters. The van der Waals surface area contributed by atoms with Crippen molar-refractivity contribution in [1.82, 2.24) is 4.98 Å². The second-order valence-corrected chi connectivity index (χ2v) is 3.79. The number of pyridine rings is 1. The van der Waals surface area contributed by atoms with Crippen molar-refractivity contribution in [3.05, 3.63) is 24.0 Å². The third kappa shape index (κ3) is 3.92. The Labute approximate surface area is 79.6 Å². The third-order valence-electron chi connectivity index (χ3n) is 2.02. The number of hydrogen-bond donors (Lipinski definition) is 1. The maximum absolute atomic E-state index is 9.01. The predicted octanol–water partition coefficient (Wildman–Crippen LogP) is 2.77. The molecule has 0 aromatic carbocycles. The Bertz CT molecular complexity index is 241. The molecule has 0 aliphatic carbocycles. The van der Waals surface area contributed by atoms with Crippen LogP contribution >= 0.6 is 0 Å². The van der Waals surface area contributed by atoms with Gasteiger partial charge in [0.25, 0.3) is 0 Å². The summed E-state index contributed by atoms with van der Waals surface area (Å²) in [5.74, 6) is 1.00. The second kappa shape index (κ2) is 4.85. The fourth-order valence-corrected chi connectivity index (χ4v) is 1.26. The Morgan fingerprint density at radius 2 is 2.15 bits per heavy atom. The lowest BCUT2D eigenvalue weighted by atomic mass is 10.1. The third-order valence-corrected chi connectivity index (χ3v) is 2.02. The first kappa shape index (κ1) is 10.0. The molecule has 0 amide bonds. The molecule has 0 saturated heterocycles. The summed E-state index contributed by atoms with van der Waals surface area (Å²) in [6.07, 6.45) is 4.93. The van der Waals surface area contributed by atoms with E-state index in [-0.39, 0.29) is 5.75 Å². The van der Waals surface area contributed by atoms with E-state index in [1.165, 1.54) is 19.0 Å². The van der Waals surface area contributed by atoms with Crippen LogP contribution in [0.1, 0.15) is 32.4 Å². The van der Waals surface area contributed by atoms with Crippen molar-refractivity contribution in [2.24, 2.45) is 5.92 Å².